The van der Waals surface area contributed by atoms with Gasteiger partial charge in [0.1, 0.15) is 18.3 Å². The predicted octanol–water partition coefficient (Wildman–Crippen LogP) is 1.03. The fourth-order valence-corrected chi connectivity index (χ4v) is 1.28. The molecule has 0 bridgehead atoms. The van der Waals surface area contributed by atoms with Crippen molar-refractivity contribution in [1.29, 1.82) is 0 Å². The highest BCUT2D eigenvalue weighted by atomic mass is 16.6. The third-order valence-electron chi connectivity index (χ3n) is 2.09. The fourth-order valence-electron chi connectivity index (χ4n) is 1.28. The van der Waals surface area contributed by atoms with E-state index < -0.39 is 6.10 Å². The van der Waals surface area contributed by atoms with Crippen LogP contribution < -0.4 is 0 Å². The number of hydrogen-bond acceptors (Lipinski definition) is 4. The summed E-state index contributed by atoms with van der Waals surface area (Å²) in [7, 11) is 3.05. The van der Waals surface area contributed by atoms with Crippen LogP contribution in [0, 0.1) is 0 Å². The highest BCUT2D eigenvalue weighted by molar-refractivity contribution is 5.88. The van der Waals surface area contributed by atoms with Crippen molar-refractivity contribution in [3.8, 4) is 0 Å². The van der Waals surface area contributed by atoms with Crippen molar-refractivity contribution < 1.29 is 19.0 Å². The molecule has 14 heavy (non-hydrogen) atoms. The van der Waals surface area contributed by atoms with Gasteiger partial charge in [0.2, 0.25) is 0 Å². The average molecular weight is 204 g/mol. The van der Waals surface area contributed by atoms with Crippen molar-refractivity contribution in [2.24, 2.45) is 0 Å². The zero-order chi connectivity index (χ0) is 11.1. The summed E-state index contributed by atoms with van der Waals surface area (Å²) in [5.74, 6) is -0.0457. The van der Waals surface area contributed by atoms with Crippen molar-refractivity contribution in [3.63, 3.8) is 0 Å². The first-order valence-electron chi connectivity index (χ1n) is 4.91. The first kappa shape index (κ1) is 13.5. The Labute approximate surface area is 85.5 Å². The van der Waals surface area contributed by atoms with E-state index in [-0.39, 0.29) is 18.0 Å². The van der Waals surface area contributed by atoms with E-state index >= 15 is 0 Å². The van der Waals surface area contributed by atoms with Crippen molar-refractivity contribution >= 4 is 5.78 Å². The molecule has 3 unspecified atom stereocenters. The van der Waals surface area contributed by atoms with Gasteiger partial charge in [-0.15, -0.1) is 0 Å². The van der Waals surface area contributed by atoms with Gasteiger partial charge in [0.15, 0.2) is 5.78 Å². The van der Waals surface area contributed by atoms with Crippen LogP contribution in [0.15, 0.2) is 0 Å². The molecule has 4 nitrogen and oxygen atoms in total. The first-order valence-corrected chi connectivity index (χ1v) is 4.91. The summed E-state index contributed by atoms with van der Waals surface area (Å²) >= 11 is 0. The normalized spacial score (nSPS) is 32.1. The van der Waals surface area contributed by atoms with E-state index in [1.807, 2.05) is 13.8 Å². The second kappa shape index (κ2) is 6.92. The molecule has 0 amide bonds. The maximum atomic E-state index is 11.4. The van der Waals surface area contributed by atoms with Gasteiger partial charge in [-0.1, -0.05) is 13.8 Å². The summed E-state index contributed by atoms with van der Waals surface area (Å²) in [6.45, 7) is 6.14. The largest absolute Gasteiger partial charge is 0.376 e. The lowest BCUT2D eigenvalue weighted by Crippen LogP contribution is -2.50. The van der Waals surface area contributed by atoms with Crippen LogP contribution in [0.3, 0.4) is 0 Å². The molecule has 0 spiro atoms. The van der Waals surface area contributed by atoms with Crippen LogP contribution >= 0.6 is 0 Å². The Morgan fingerprint density at radius 3 is 2.29 bits per heavy atom. The summed E-state index contributed by atoms with van der Waals surface area (Å²) in [4.78, 5) is 11.4. The molecule has 0 aromatic rings. The number of methoxy groups -OCH3 is 2. The van der Waals surface area contributed by atoms with Gasteiger partial charge >= 0.3 is 0 Å². The molecule has 4 heteroatoms. The second-order valence-electron chi connectivity index (χ2n) is 2.81. The molecular formula is C10H20O4. The fraction of sp³-hybridized carbons (Fsp3) is 0.900. The van der Waals surface area contributed by atoms with Crippen LogP contribution in [-0.2, 0) is 19.0 Å². The molecular weight excluding hydrogens is 184 g/mol. The van der Waals surface area contributed by atoms with E-state index in [1.54, 1.807) is 14.0 Å². The number of ketones is 1. The van der Waals surface area contributed by atoms with Crippen molar-refractivity contribution in [2.45, 2.75) is 39.1 Å². The summed E-state index contributed by atoms with van der Waals surface area (Å²) in [6.07, 6.45) is -1.11. The molecule has 0 aliphatic carbocycles. The topological polar surface area (TPSA) is 44.8 Å². The van der Waals surface area contributed by atoms with E-state index in [2.05, 4.69) is 0 Å². The van der Waals surface area contributed by atoms with E-state index in [9.17, 15) is 4.79 Å². The Morgan fingerprint density at radius 1 is 1.29 bits per heavy atom. The zero-order valence-corrected chi connectivity index (χ0v) is 9.57. The van der Waals surface area contributed by atoms with Crippen molar-refractivity contribution in [2.75, 3.05) is 20.8 Å². The number of carbonyl (C=O) groups excluding carboxylic acids is 1. The van der Waals surface area contributed by atoms with Gasteiger partial charge in [0, 0.05) is 14.2 Å². The number of carbonyl (C=O) groups is 1. The summed E-state index contributed by atoms with van der Waals surface area (Å²) in [5.41, 5.74) is 0. The Balaban J connectivity index is 0.000000791. The Bertz CT molecular complexity index is 170. The van der Waals surface area contributed by atoms with Crippen LogP contribution in [0.25, 0.3) is 0 Å². The quantitative estimate of drug-likeness (QED) is 0.674. The second-order valence-corrected chi connectivity index (χ2v) is 2.81. The van der Waals surface area contributed by atoms with Crippen LogP contribution in [0.4, 0.5) is 0 Å². The molecule has 0 saturated carbocycles. The van der Waals surface area contributed by atoms with Gasteiger partial charge in [0.25, 0.3) is 0 Å². The minimum Gasteiger partial charge on any atom is -0.376 e. The standard InChI is InChI=1S/C8H14O4.C2H6/c1-5-7(9)8(11-3)6(10-2)4-12-5;1-2/h5-6,8H,4H2,1-3H3;1-2H3. The van der Waals surface area contributed by atoms with Gasteiger partial charge in [-0.2, -0.15) is 0 Å². The molecule has 1 aliphatic rings. The minimum atomic E-state index is -0.473. The Kier molecular flexibility index (Phi) is 6.70. The minimum absolute atomic E-state index is 0.0457. The van der Waals surface area contributed by atoms with Gasteiger partial charge in [-0.3, -0.25) is 4.79 Å². The molecule has 1 rings (SSSR count). The van der Waals surface area contributed by atoms with Gasteiger partial charge in [0.05, 0.1) is 6.61 Å². The number of hydrogen-bond donors (Lipinski definition) is 0. The maximum absolute atomic E-state index is 11.4. The lowest BCUT2D eigenvalue weighted by molar-refractivity contribution is -0.169. The molecule has 0 aromatic carbocycles. The van der Waals surface area contributed by atoms with Crippen LogP contribution in [0.5, 0.6) is 0 Å². The lowest BCUT2D eigenvalue weighted by Gasteiger charge is -2.31. The highest BCUT2D eigenvalue weighted by Gasteiger charge is 2.37. The van der Waals surface area contributed by atoms with Crippen LogP contribution in [-0.4, -0.2) is 44.9 Å². The van der Waals surface area contributed by atoms with Crippen molar-refractivity contribution in [1.82, 2.24) is 0 Å². The third kappa shape index (κ3) is 3.04. The molecule has 1 heterocycles. The molecule has 1 aliphatic heterocycles. The molecule has 84 valence electrons. The zero-order valence-electron chi connectivity index (χ0n) is 9.57. The maximum Gasteiger partial charge on any atom is 0.192 e. The predicted molar refractivity (Wildman–Crippen MR) is 53.4 cm³/mol. The Morgan fingerprint density at radius 2 is 1.86 bits per heavy atom. The van der Waals surface area contributed by atoms with E-state index in [0.29, 0.717) is 6.61 Å². The highest BCUT2D eigenvalue weighted by Crippen LogP contribution is 2.15. The summed E-state index contributed by atoms with van der Waals surface area (Å²) in [6, 6.07) is 0. The van der Waals surface area contributed by atoms with Gasteiger partial charge < -0.3 is 14.2 Å². The van der Waals surface area contributed by atoms with Crippen LogP contribution in [0.1, 0.15) is 20.8 Å². The van der Waals surface area contributed by atoms with E-state index in [1.165, 1.54) is 7.11 Å². The molecule has 0 aromatic heterocycles. The molecule has 1 saturated heterocycles. The first-order chi connectivity index (χ1) is 6.70. The molecule has 0 radical (unpaired) electrons. The molecule has 1 fully saturated rings. The number of ether oxygens (including phenoxy) is 3. The van der Waals surface area contributed by atoms with E-state index in [0.717, 1.165) is 0 Å². The van der Waals surface area contributed by atoms with Crippen molar-refractivity contribution in [3.05, 3.63) is 0 Å². The Hall–Kier alpha value is -0.450. The third-order valence-corrected chi connectivity index (χ3v) is 2.09. The van der Waals surface area contributed by atoms with Crippen LogP contribution in [0.2, 0.25) is 0 Å². The number of rotatable bonds is 2. The monoisotopic (exact) mass is 204 g/mol. The molecule has 0 N–H and O–H groups in total. The number of Topliss-reactive ketones (excluding diaryl/α,β-unsaturated/α-hetero) is 1. The SMILES string of the molecule is CC.COC1COC(C)C(=O)C1OC. The lowest BCUT2D eigenvalue weighted by atomic mass is 10.0. The summed E-state index contributed by atoms with van der Waals surface area (Å²) < 4.78 is 15.2. The van der Waals surface area contributed by atoms with E-state index in [4.69, 9.17) is 14.2 Å². The summed E-state index contributed by atoms with van der Waals surface area (Å²) in [5, 5.41) is 0. The molecule has 3 atom stereocenters. The van der Waals surface area contributed by atoms with Gasteiger partial charge in [-0.25, -0.2) is 0 Å². The van der Waals surface area contributed by atoms with Gasteiger partial charge in [-0.05, 0) is 6.92 Å². The smallest absolute Gasteiger partial charge is 0.192 e. The average Bonchev–Trinajstić information content (AvgIpc) is 2.24.